The third kappa shape index (κ3) is 5.41. The minimum atomic E-state index is -1.09. The van der Waals surface area contributed by atoms with Gasteiger partial charge in [0.15, 0.2) is 5.92 Å². The van der Waals surface area contributed by atoms with Gasteiger partial charge in [-0.2, -0.15) is 0 Å². The lowest BCUT2D eigenvalue weighted by Crippen LogP contribution is -2.34. The summed E-state index contributed by atoms with van der Waals surface area (Å²) in [6.45, 7) is 0.421. The summed E-state index contributed by atoms with van der Waals surface area (Å²) in [4.78, 5) is 23.9. The number of methoxy groups -OCH3 is 2. The van der Waals surface area contributed by atoms with E-state index in [1.54, 1.807) is 12.2 Å². The van der Waals surface area contributed by atoms with Crippen LogP contribution in [0.15, 0.2) is 42.5 Å². The maximum absolute atomic E-state index is 12.0. The lowest BCUT2D eigenvalue weighted by Gasteiger charge is -2.21. The molecule has 6 nitrogen and oxygen atoms in total. The SMILES string of the molecule is COC(=O)C(C(=O)OC)[C@@H]1C=C[C@H](OCc2ccccc2)C[C@H](O)C1. The Kier molecular flexibility index (Phi) is 7.16. The number of rotatable bonds is 6. The number of carbonyl (C=O) groups excluding carboxylic acids is 2. The van der Waals surface area contributed by atoms with Crippen LogP contribution in [-0.4, -0.2) is 43.5 Å². The van der Waals surface area contributed by atoms with Crippen LogP contribution in [0.5, 0.6) is 0 Å². The Morgan fingerprint density at radius 2 is 1.72 bits per heavy atom. The van der Waals surface area contributed by atoms with E-state index in [-0.39, 0.29) is 12.5 Å². The first kappa shape index (κ1) is 19.1. The molecule has 0 unspecified atom stereocenters. The topological polar surface area (TPSA) is 82.1 Å². The van der Waals surface area contributed by atoms with Gasteiger partial charge in [-0.25, -0.2) is 0 Å². The summed E-state index contributed by atoms with van der Waals surface area (Å²) in [6.07, 6.45) is 3.20. The molecule has 0 bridgehead atoms. The van der Waals surface area contributed by atoms with E-state index in [2.05, 4.69) is 0 Å². The van der Waals surface area contributed by atoms with Crippen molar-refractivity contribution in [3.05, 3.63) is 48.0 Å². The zero-order chi connectivity index (χ0) is 18.2. The Labute approximate surface area is 147 Å². The highest BCUT2D eigenvalue weighted by Gasteiger charge is 2.38. The zero-order valence-corrected chi connectivity index (χ0v) is 14.5. The van der Waals surface area contributed by atoms with E-state index in [1.165, 1.54) is 14.2 Å². The minimum absolute atomic E-state index is 0.260. The molecule has 0 spiro atoms. The van der Waals surface area contributed by atoms with Crippen LogP contribution < -0.4 is 0 Å². The minimum Gasteiger partial charge on any atom is -0.468 e. The summed E-state index contributed by atoms with van der Waals surface area (Å²) >= 11 is 0. The molecular weight excluding hydrogens is 324 g/mol. The molecule has 25 heavy (non-hydrogen) atoms. The Morgan fingerprint density at radius 3 is 2.32 bits per heavy atom. The summed E-state index contributed by atoms with van der Waals surface area (Å²) in [5, 5.41) is 10.3. The Bertz CT molecular complexity index is 581. The second kappa shape index (κ2) is 9.34. The number of benzene rings is 1. The lowest BCUT2D eigenvalue weighted by molar-refractivity contribution is -0.161. The normalized spacial score (nSPS) is 23.1. The molecule has 0 saturated heterocycles. The molecule has 0 radical (unpaired) electrons. The maximum Gasteiger partial charge on any atom is 0.320 e. The van der Waals surface area contributed by atoms with Crippen molar-refractivity contribution >= 4 is 11.9 Å². The van der Waals surface area contributed by atoms with Crippen molar-refractivity contribution in [3.8, 4) is 0 Å². The highest BCUT2D eigenvalue weighted by atomic mass is 16.5. The number of hydrogen-bond donors (Lipinski definition) is 1. The van der Waals surface area contributed by atoms with Gasteiger partial charge in [-0.1, -0.05) is 42.5 Å². The molecule has 6 heteroatoms. The van der Waals surface area contributed by atoms with Crippen LogP contribution in [0, 0.1) is 11.8 Å². The highest BCUT2D eigenvalue weighted by Crippen LogP contribution is 2.28. The molecule has 3 atom stereocenters. The number of aliphatic hydroxyl groups excluding tert-OH is 1. The van der Waals surface area contributed by atoms with Gasteiger partial charge in [-0.3, -0.25) is 9.59 Å². The third-order valence-corrected chi connectivity index (χ3v) is 4.27. The molecule has 1 aliphatic rings. The number of allylic oxidation sites excluding steroid dienone is 1. The van der Waals surface area contributed by atoms with Gasteiger partial charge in [0.2, 0.25) is 0 Å². The molecule has 0 fully saturated rings. The maximum atomic E-state index is 12.0. The molecule has 1 aromatic rings. The van der Waals surface area contributed by atoms with Crippen LogP contribution in [0.1, 0.15) is 18.4 Å². The van der Waals surface area contributed by atoms with Gasteiger partial charge in [0.05, 0.1) is 33.0 Å². The Morgan fingerprint density at radius 1 is 1.08 bits per heavy atom. The van der Waals surface area contributed by atoms with Crippen molar-refractivity contribution in [2.75, 3.05) is 14.2 Å². The van der Waals surface area contributed by atoms with E-state index in [9.17, 15) is 14.7 Å². The van der Waals surface area contributed by atoms with Crippen LogP contribution in [0.4, 0.5) is 0 Å². The second-order valence-corrected chi connectivity index (χ2v) is 6.03. The number of carbonyl (C=O) groups is 2. The predicted molar refractivity (Wildman–Crippen MR) is 90.4 cm³/mol. The average molecular weight is 348 g/mol. The summed E-state index contributed by atoms with van der Waals surface area (Å²) in [5.74, 6) is -2.93. The number of ether oxygens (including phenoxy) is 3. The molecule has 0 aromatic heterocycles. The van der Waals surface area contributed by atoms with E-state index in [1.807, 2.05) is 30.3 Å². The van der Waals surface area contributed by atoms with Crippen LogP contribution in [0.25, 0.3) is 0 Å². The summed E-state index contributed by atoms with van der Waals surface area (Å²) in [7, 11) is 2.45. The molecule has 1 N–H and O–H groups in total. The van der Waals surface area contributed by atoms with Crippen molar-refractivity contribution in [2.24, 2.45) is 11.8 Å². The first-order valence-corrected chi connectivity index (χ1v) is 8.22. The van der Waals surface area contributed by atoms with Gasteiger partial charge in [0.1, 0.15) is 0 Å². The summed E-state index contributed by atoms with van der Waals surface area (Å²) in [6, 6.07) is 9.73. The molecular formula is C19H24O6. The van der Waals surface area contributed by atoms with Gasteiger partial charge >= 0.3 is 11.9 Å². The van der Waals surface area contributed by atoms with E-state index < -0.39 is 29.9 Å². The fraction of sp³-hybridized carbons (Fsp3) is 0.474. The number of hydrogen-bond acceptors (Lipinski definition) is 6. The van der Waals surface area contributed by atoms with Crippen LogP contribution in [0.2, 0.25) is 0 Å². The van der Waals surface area contributed by atoms with Crippen LogP contribution in [0.3, 0.4) is 0 Å². The fourth-order valence-electron chi connectivity index (χ4n) is 2.95. The highest BCUT2D eigenvalue weighted by molar-refractivity contribution is 5.95. The van der Waals surface area contributed by atoms with Crippen molar-refractivity contribution in [3.63, 3.8) is 0 Å². The van der Waals surface area contributed by atoms with Crippen molar-refractivity contribution in [2.45, 2.75) is 31.7 Å². The largest absolute Gasteiger partial charge is 0.468 e. The van der Waals surface area contributed by atoms with Crippen molar-refractivity contribution in [1.29, 1.82) is 0 Å². The lowest BCUT2D eigenvalue weighted by atomic mass is 9.87. The van der Waals surface area contributed by atoms with E-state index >= 15 is 0 Å². The van der Waals surface area contributed by atoms with Crippen LogP contribution in [-0.2, 0) is 30.4 Å². The standard InChI is InChI=1S/C19H24O6/c1-23-18(21)17(19(22)24-2)14-8-9-16(11-15(20)10-14)25-12-13-6-4-3-5-7-13/h3-9,14-17,20H,10-12H2,1-2H3/t14-,15-,16+/m1/s1. The van der Waals surface area contributed by atoms with Gasteiger partial charge in [-0.15, -0.1) is 0 Å². The molecule has 1 aromatic carbocycles. The van der Waals surface area contributed by atoms with Crippen molar-refractivity contribution in [1.82, 2.24) is 0 Å². The zero-order valence-electron chi connectivity index (χ0n) is 14.5. The summed E-state index contributed by atoms with van der Waals surface area (Å²) in [5.41, 5.74) is 1.04. The fourth-order valence-corrected chi connectivity index (χ4v) is 2.95. The van der Waals surface area contributed by atoms with Gasteiger partial charge in [0.25, 0.3) is 0 Å². The first-order valence-electron chi connectivity index (χ1n) is 8.22. The molecule has 0 amide bonds. The van der Waals surface area contributed by atoms with E-state index in [4.69, 9.17) is 14.2 Å². The molecule has 1 aliphatic carbocycles. The monoisotopic (exact) mass is 348 g/mol. The molecule has 0 saturated carbocycles. The molecule has 136 valence electrons. The first-order chi connectivity index (χ1) is 12.0. The molecule has 2 rings (SSSR count). The number of aliphatic hydroxyl groups is 1. The Balaban J connectivity index is 2.07. The predicted octanol–water partition coefficient (Wildman–Crippen LogP) is 1.86. The van der Waals surface area contributed by atoms with E-state index in [0.717, 1.165) is 5.56 Å². The smallest absolute Gasteiger partial charge is 0.320 e. The molecule has 0 aliphatic heterocycles. The third-order valence-electron chi connectivity index (χ3n) is 4.27. The van der Waals surface area contributed by atoms with Gasteiger partial charge in [-0.05, 0) is 12.0 Å². The Hall–Kier alpha value is -2.18. The molecule has 0 heterocycles. The van der Waals surface area contributed by atoms with Crippen molar-refractivity contribution < 1.29 is 28.9 Å². The van der Waals surface area contributed by atoms with Crippen LogP contribution >= 0.6 is 0 Å². The number of esters is 2. The van der Waals surface area contributed by atoms with Gasteiger partial charge < -0.3 is 19.3 Å². The van der Waals surface area contributed by atoms with E-state index in [0.29, 0.717) is 13.0 Å². The second-order valence-electron chi connectivity index (χ2n) is 6.03. The van der Waals surface area contributed by atoms with Gasteiger partial charge in [0, 0.05) is 12.3 Å². The summed E-state index contributed by atoms with van der Waals surface area (Å²) < 4.78 is 15.3. The average Bonchev–Trinajstić information content (AvgIpc) is 2.81. The quantitative estimate of drug-likeness (QED) is 0.480.